The van der Waals surface area contributed by atoms with Gasteiger partial charge in [0.15, 0.2) is 0 Å². The molecule has 0 aromatic heterocycles. The number of benzene rings is 1. The summed E-state index contributed by atoms with van der Waals surface area (Å²) in [6, 6.07) is 2.18. The molecule has 0 aliphatic heterocycles. The Bertz CT molecular complexity index is 265. The van der Waals surface area contributed by atoms with Gasteiger partial charge in [0.05, 0.1) is 6.61 Å². The maximum Gasteiger partial charge on any atom is 0.149 e. The van der Waals surface area contributed by atoms with Crippen LogP contribution in [0.2, 0.25) is 0 Å². The fourth-order valence-corrected chi connectivity index (χ4v) is 0.956. The van der Waals surface area contributed by atoms with Gasteiger partial charge in [-0.3, -0.25) is 0 Å². The average Bonchev–Trinajstić information content (AvgIpc) is 2.03. The molecule has 4 heteroatoms. The molecule has 0 saturated carbocycles. The van der Waals surface area contributed by atoms with Crippen LogP contribution in [0.1, 0.15) is 5.56 Å². The highest BCUT2D eigenvalue weighted by Gasteiger charge is 2.08. The molecule has 0 saturated heterocycles. The van der Waals surface area contributed by atoms with Gasteiger partial charge in [-0.1, -0.05) is 0 Å². The van der Waals surface area contributed by atoms with Gasteiger partial charge in [0.2, 0.25) is 0 Å². The van der Waals surface area contributed by atoms with Gasteiger partial charge >= 0.3 is 0 Å². The molecule has 0 atom stereocenters. The van der Waals surface area contributed by atoms with Crippen molar-refractivity contribution in [1.29, 1.82) is 0 Å². The third-order valence-electron chi connectivity index (χ3n) is 1.53. The van der Waals surface area contributed by atoms with E-state index in [1.807, 2.05) is 0 Å². The van der Waals surface area contributed by atoms with E-state index in [4.69, 9.17) is 5.11 Å². The van der Waals surface area contributed by atoms with Crippen LogP contribution in [0.5, 0.6) is 0 Å². The standard InChI is InChI=1S/C8H9F2NO/c1-11-8-6(9)2-5(4-12)3-7(8)10/h2-3,11-12H,4H2,1H3. The number of aliphatic hydroxyl groups is 1. The smallest absolute Gasteiger partial charge is 0.149 e. The molecule has 0 unspecified atom stereocenters. The second kappa shape index (κ2) is 3.49. The largest absolute Gasteiger partial charge is 0.392 e. The van der Waals surface area contributed by atoms with Gasteiger partial charge in [-0.25, -0.2) is 8.78 Å². The average molecular weight is 173 g/mol. The molecule has 12 heavy (non-hydrogen) atoms. The monoisotopic (exact) mass is 173 g/mol. The Kier molecular flexibility index (Phi) is 2.60. The Hall–Kier alpha value is -1.16. The summed E-state index contributed by atoms with van der Waals surface area (Å²) in [7, 11) is 1.43. The van der Waals surface area contributed by atoms with Crippen molar-refractivity contribution in [3.8, 4) is 0 Å². The summed E-state index contributed by atoms with van der Waals surface area (Å²) in [6.45, 7) is -0.363. The first-order valence-corrected chi connectivity index (χ1v) is 3.45. The molecule has 0 aliphatic carbocycles. The van der Waals surface area contributed by atoms with Crippen molar-refractivity contribution >= 4 is 5.69 Å². The van der Waals surface area contributed by atoms with E-state index < -0.39 is 11.6 Å². The molecular formula is C8H9F2NO. The molecular weight excluding hydrogens is 164 g/mol. The van der Waals surface area contributed by atoms with Crippen molar-refractivity contribution in [1.82, 2.24) is 0 Å². The topological polar surface area (TPSA) is 32.3 Å². The van der Waals surface area contributed by atoms with Crippen LogP contribution in [-0.4, -0.2) is 12.2 Å². The first kappa shape index (κ1) is 8.93. The highest BCUT2D eigenvalue weighted by atomic mass is 19.1. The molecule has 1 aromatic carbocycles. The minimum absolute atomic E-state index is 0.174. The lowest BCUT2D eigenvalue weighted by atomic mass is 10.2. The molecule has 1 rings (SSSR count). The Labute approximate surface area is 68.8 Å². The Balaban J connectivity index is 3.18. The SMILES string of the molecule is CNc1c(F)cc(CO)cc1F. The van der Waals surface area contributed by atoms with Crippen LogP contribution in [0, 0.1) is 11.6 Å². The maximum atomic E-state index is 12.9. The first-order chi connectivity index (χ1) is 5.69. The summed E-state index contributed by atoms with van der Waals surface area (Å²) >= 11 is 0. The fraction of sp³-hybridized carbons (Fsp3) is 0.250. The molecule has 0 amide bonds. The lowest BCUT2D eigenvalue weighted by Crippen LogP contribution is -1.98. The fourth-order valence-electron chi connectivity index (χ4n) is 0.956. The number of halogens is 2. The molecule has 0 spiro atoms. The van der Waals surface area contributed by atoms with E-state index in [0.717, 1.165) is 12.1 Å². The van der Waals surface area contributed by atoms with Gasteiger partial charge < -0.3 is 10.4 Å². The number of anilines is 1. The second-order valence-electron chi connectivity index (χ2n) is 2.34. The molecule has 2 N–H and O–H groups in total. The summed E-state index contributed by atoms with van der Waals surface area (Å²) in [6.07, 6.45) is 0. The Morgan fingerprint density at radius 3 is 2.17 bits per heavy atom. The highest BCUT2D eigenvalue weighted by molar-refractivity contribution is 5.47. The maximum absolute atomic E-state index is 12.9. The molecule has 0 heterocycles. The van der Waals surface area contributed by atoms with Gasteiger partial charge in [-0.15, -0.1) is 0 Å². The second-order valence-corrected chi connectivity index (χ2v) is 2.34. The van der Waals surface area contributed by atoms with E-state index in [-0.39, 0.29) is 17.9 Å². The molecule has 66 valence electrons. The first-order valence-electron chi connectivity index (χ1n) is 3.45. The lowest BCUT2D eigenvalue weighted by molar-refractivity contribution is 0.280. The van der Waals surface area contributed by atoms with Crippen LogP contribution >= 0.6 is 0 Å². The molecule has 1 aromatic rings. The molecule has 0 fully saturated rings. The van der Waals surface area contributed by atoms with Gasteiger partial charge in [0.25, 0.3) is 0 Å². The van der Waals surface area contributed by atoms with Crippen LogP contribution in [-0.2, 0) is 6.61 Å². The van der Waals surface area contributed by atoms with Crippen molar-refractivity contribution < 1.29 is 13.9 Å². The quantitative estimate of drug-likeness (QED) is 0.710. The number of nitrogens with one attached hydrogen (secondary N) is 1. The van der Waals surface area contributed by atoms with Gasteiger partial charge in [-0.05, 0) is 17.7 Å². The van der Waals surface area contributed by atoms with Crippen molar-refractivity contribution in [2.24, 2.45) is 0 Å². The van der Waals surface area contributed by atoms with Gasteiger partial charge in [-0.2, -0.15) is 0 Å². The van der Waals surface area contributed by atoms with Crippen molar-refractivity contribution in [2.75, 3.05) is 12.4 Å². The molecule has 0 radical (unpaired) electrons. The van der Waals surface area contributed by atoms with Crippen molar-refractivity contribution in [3.05, 3.63) is 29.3 Å². The normalized spacial score (nSPS) is 10.0. The minimum atomic E-state index is -0.693. The zero-order valence-electron chi connectivity index (χ0n) is 6.56. The van der Waals surface area contributed by atoms with E-state index >= 15 is 0 Å². The number of aliphatic hydroxyl groups excluding tert-OH is 1. The van der Waals surface area contributed by atoms with Gasteiger partial charge in [0, 0.05) is 7.05 Å². The summed E-state index contributed by atoms with van der Waals surface area (Å²) in [5, 5.41) is 11.0. The molecule has 0 aliphatic rings. The zero-order valence-corrected chi connectivity index (χ0v) is 6.56. The number of rotatable bonds is 2. The summed E-state index contributed by atoms with van der Waals surface area (Å²) in [5.41, 5.74) is 0.0520. The highest BCUT2D eigenvalue weighted by Crippen LogP contribution is 2.19. The Morgan fingerprint density at radius 2 is 1.83 bits per heavy atom. The summed E-state index contributed by atoms with van der Waals surface area (Å²) in [4.78, 5) is 0. The lowest BCUT2D eigenvalue weighted by Gasteiger charge is -2.05. The van der Waals surface area contributed by atoms with E-state index in [1.165, 1.54) is 7.05 Å². The predicted octanol–water partition coefficient (Wildman–Crippen LogP) is 1.50. The van der Waals surface area contributed by atoms with Crippen LogP contribution in [0.15, 0.2) is 12.1 Å². The van der Waals surface area contributed by atoms with Crippen molar-refractivity contribution in [3.63, 3.8) is 0 Å². The third kappa shape index (κ3) is 1.53. The number of hydrogen-bond acceptors (Lipinski definition) is 2. The minimum Gasteiger partial charge on any atom is -0.392 e. The van der Waals surface area contributed by atoms with Crippen LogP contribution in [0.3, 0.4) is 0 Å². The van der Waals surface area contributed by atoms with Crippen LogP contribution in [0.25, 0.3) is 0 Å². The van der Waals surface area contributed by atoms with Gasteiger partial charge in [0.1, 0.15) is 17.3 Å². The van der Waals surface area contributed by atoms with Crippen LogP contribution in [0.4, 0.5) is 14.5 Å². The Morgan fingerprint density at radius 1 is 1.33 bits per heavy atom. The summed E-state index contributed by atoms with van der Waals surface area (Å²) in [5.74, 6) is -1.39. The van der Waals surface area contributed by atoms with Crippen molar-refractivity contribution in [2.45, 2.75) is 6.61 Å². The zero-order chi connectivity index (χ0) is 9.14. The van der Waals surface area contributed by atoms with Crippen LogP contribution < -0.4 is 5.32 Å². The molecule has 0 bridgehead atoms. The summed E-state index contributed by atoms with van der Waals surface area (Å²) < 4.78 is 25.8. The third-order valence-corrected chi connectivity index (χ3v) is 1.53. The molecule has 2 nitrogen and oxygen atoms in total. The number of hydrogen-bond donors (Lipinski definition) is 2. The van der Waals surface area contributed by atoms with E-state index in [1.54, 1.807) is 0 Å². The van der Waals surface area contributed by atoms with E-state index in [0.29, 0.717) is 0 Å². The van der Waals surface area contributed by atoms with E-state index in [2.05, 4.69) is 5.32 Å². The van der Waals surface area contributed by atoms with E-state index in [9.17, 15) is 8.78 Å². The predicted molar refractivity (Wildman–Crippen MR) is 41.8 cm³/mol.